The second-order valence-corrected chi connectivity index (χ2v) is 3.58. The summed E-state index contributed by atoms with van der Waals surface area (Å²) >= 11 is 5.82. The molecule has 4 heteroatoms. The molecule has 1 aromatic carbocycles. The largest absolute Gasteiger partial charge is 0.495 e. The van der Waals surface area contributed by atoms with E-state index in [0.29, 0.717) is 5.02 Å². The summed E-state index contributed by atoms with van der Waals surface area (Å²) in [6.45, 7) is 0.672. The summed E-state index contributed by atoms with van der Waals surface area (Å²) in [4.78, 5) is 0. The number of halogens is 2. The lowest BCUT2D eigenvalue weighted by Crippen LogP contribution is -2.21. The standard InChI is InChI=1S/C10H12ClFO2/c1-10(12,6-13)7-4-3-5-8(11)9(7)14-2/h3-5,13H,6H2,1-2H3. The van der Waals surface area contributed by atoms with Gasteiger partial charge in [-0.05, 0) is 13.0 Å². The lowest BCUT2D eigenvalue weighted by molar-refractivity contribution is 0.0842. The second kappa shape index (κ2) is 4.15. The topological polar surface area (TPSA) is 29.5 Å². The van der Waals surface area contributed by atoms with Gasteiger partial charge in [0.25, 0.3) is 0 Å². The lowest BCUT2D eigenvalue weighted by atomic mass is 9.98. The van der Waals surface area contributed by atoms with Crippen LogP contribution in [0.15, 0.2) is 18.2 Å². The molecule has 1 unspecified atom stereocenters. The van der Waals surface area contributed by atoms with Gasteiger partial charge in [-0.25, -0.2) is 4.39 Å². The highest BCUT2D eigenvalue weighted by Gasteiger charge is 2.29. The third-order valence-corrected chi connectivity index (χ3v) is 2.33. The molecule has 2 nitrogen and oxygen atoms in total. The predicted octanol–water partition coefficient (Wildman–Crippen LogP) is 2.53. The predicted molar refractivity (Wildman–Crippen MR) is 53.5 cm³/mol. The summed E-state index contributed by atoms with van der Waals surface area (Å²) in [6, 6.07) is 4.77. The molecular formula is C10H12ClFO2. The molecule has 0 aliphatic rings. The fraction of sp³-hybridized carbons (Fsp3) is 0.400. The molecule has 0 radical (unpaired) electrons. The van der Waals surface area contributed by atoms with E-state index in [1.807, 2.05) is 0 Å². The maximum atomic E-state index is 13.8. The lowest BCUT2D eigenvalue weighted by Gasteiger charge is -2.21. The van der Waals surface area contributed by atoms with Crippen molar-refractivity contribution in [2.45, 2.75) is 12.6 Å². The van der Waals surface area contributed by atoms with E-state index < -0.39 is 12.3 Å². The van der Waals surface area contributed by atoms with E-state index >= 15 is 0 Å². The molecule has 1 atom stereocenters. The molecule has 0 bridgehead atoms. The molecular weight excluding hydrogens is 207 g/mol. The maximum absolute atomic E-state index is 13.8. The van der Waals surface area contributed by atoms with E-state index in [0.717, 1.165) is 0 Å². The molecule has 0 aliphatic carbocycles. The van der Waals surface area contributed by atoms with Gasteiger partial charge in [0.2, 0.25) is 0 Å². The summed E-state index contributed by atoms with van der Waals surface area (Å²) in [7, 11) is 1.41. The van der Waals surface area contributed by atoms with Crippen molar-refractivity contribution in [1.82, 2.24) is 0 Å². The first-order valence-corrected chi connectivity index (χ1v) is 4.53. The molecule has 14 heavy (non-hydrogen) atoms. The SMILES string of the molecule is COc1c(Cl)cccc1C(C)(F)CO. The summed E-state index contributed by atoms with van der Waals surface area (Å²) < 4.78 is 18.8. The van der Waals surface area contributed by atoms with Crippen LogP contribution in [0.4, 0.5) is 4.39 Å². The molecule has 0 saturated heterocycles. The van der Waals surface area contributed by atoms with Gasteiger partial charge in [0.05, 0.1) is 18.7 Å². The zero-order valence-corrected chi connectivity index (χ0v) is 8.81. The Labute approximate surface area is 87.3 Å². The van der Waals surface area contributed by atoms with Crippen molar-refractivity contribution >= 4 is 11.6 Å². The Morgan fingerprint density at radius 3 is 2.71 bits per heavy atom. The first kappa shape index (κ1) is 11.3. The Bertz CT molecular complexity index is 326. The van der Waals surface area contributed by atoms with Gasteiger partial charge in [0.15, 0.2) is 5.67 Å². The highest BCUT2D eigenvalue weighted by Crippen LogP contribution is 2.37. The van der Waals surface area contributed by atoms with E-state index in [-0.39, 0.29) is 11.3 Å². The molecule has 1 rings (SSSR count). The van der Waals surface area contributed by atoms with E-state index in [1.165, 1.54) is 14.0 Å². The van der Waals surface area contributed by atoms with Crippen molar-refractivity contribution in [2.75, 3.05) is 13.7 Å². The van der Waals surface area contributed by atoms with Crippen LogP contribution in [0, 0.1) is 0 Å². The van der Waals surface area contributed by atoms with Gasteiger partial charge in [0, 0.05) is 5.56 Å². The van der Waals surface area contributed by atoms with Crippen molar-refractivity contribution in [1.29, 1.82) is 0 Å². The molecule has 78 valence electrons. The minimum Gasteiger partial charge on any atom is -0.495 e. The smallest absolute Gasteiger partial charge is 0.159 e. The van der Waals surface area contributed by atoms with E-state index in [9.17, 15) is 4.39 Å². The summed E-state index contributed by atoms with van der Waals surface area (Å²) in [6.07, 6.45) is 0. The normalized spacial score (nSPS) is 14.9. The quantitative estimate of drug-likeness (QED) is 0.845. The maximum Gasteiger partial charge on any atom is 0.159 e. The van der Waals surface area contributed by atoms with Crippen molar-refractivity contribution < 1.29 is 14.2 Å². The van der Waals surface area contributed by atoms with Gasteiger partial charge in [-0.2, -0.15) is 0 Å². The molecule has 0 amide bonds. The minimum absolute atomic E-state index is 0.259. The van der Waals surface area contributed by atoms with Crippen LogP contribution in [-0.2, 0) is 5.67 Å². The molecule has 0 fully saturated rings. The van der Waals surface area contributed by atoms with Crippen LogP contribution in [0.1, 0.15) is 12.5 Å². The van der Waals surface area contributed by atoms with Crippen LogP contribution >= 0.6 is 11.6 Å². The Hall–Kier alpha value is -0.800. The molecule has 0 spiro atoms. The molecule has 1 N–H and O–H groups in total. The van der Waals surface area contributed by atoms with E-state index in [2.05, 4.69) is 0 Å². The highest BCUT2D eigenvalue weighted by atomic mass is 35.5. The van der Waals surface area contributed by atoms with Crippen LogP contribution < -0.4 is 4.74 Å². The number of para-hydroxylation sites is 1. The van der Waals surface area contributed by atoms with Crippen LogP contribution in [-0.4, -0.2) is 18.8 Å². The third kappa shape index (κ3) is 1.99. The summed E-state index contributed by atoms with van der Waals surface area (Å²) in [5.41, 5.74) is -1.58. The number of benzene rings is 1. The van der Waals surface area contributed by atoms with Crippen molar-refractivity contribution in [3.63, 3.8) is 0 Å². The van der Waals surface area contributed by atoms with Crippen molar-refractivity contribution in [3.05, 3.63) is 28.8 Å². The number of hydrogen-bond donors (Lipinski definition) is 1. The van der Waals surface area contributed by atoms with Gasteiger partial charge < -0.3 is 9.84 Å². The zero-order valence-electron chi connectivity index (χ0n) is 8.05. The van der Waals surface area contributed by atoms with Crippen LogP contribution in [0.3, 0.4) is 0 Å². The number of hydrogen-bond acceptors (Lipinski definition) is 2. The fourth-order valence-corrected chi connectivity index (χ4v) is 1.46. The molecule has 0 saturated carbocycles. The second-order valence-electron chi connectivity index (χ2n) is 3.18. The Kier molecular flexibility index (Phi) is 3.34. The molecule has 0 aliphatic heterocycles. The minimum atomic E-state index is -1.84. The monoisotopic (exact) mass is 218 g/mol. The van der Waals surface area contributed by atoms with E-state index in [1.54, 1.807) is 18.2 Å². The first-order chi connectivity index (χ1) is 6.53. The fourth-order valence-electron chi connectivity index (χ4n) is 1.21. The number of aliphatic hydroxyl groups is 1. The van der Waals surface area contributed by atoms with Crippen LogP contribution in [0.5, 0.6) is 5.75 Å². The van der Waals surface area contributed by atoms with Gasteiger partial charge in [-0.1, -0.05) is 23.7 Å². The summed E-state index contributed by atoms with van der Waals surface area (Å²) in [5.74, 6) is 0.271. The van der Waals surface area contributed by atoms with Gasteiger partial charge in [-0.15, -0.1) is 0 Å². The summed E-state index contributed by atoms with van der Waals surface area (Å²) in [5, 5.41) is 9.22. The molecule has 1 aromatic rings. The van der Waals surface area contributed by atoms with Crippen molar-refractivity contribution in [2.24, 2.45) is 0 Å². The average molecular weight is 219 g/mol. The highest BCUT2D eigenvalue weighted by molar-refractivity contribution is 6.32. The van der Waals surface area contributed by atoms with Crippen LogP contribution in [0.25, 0.3) is 0 Å². The average Bonchev–Trinajstić information content (AvgIpc) is 2.17. The zero-order chi connectivity index (χ0) is 10.8. The molecule has 0 aromatic heterocycles. The van der Waals surface area contributed by atoms with Gasteiger partial charge >= 0.3 is 0 Å². The van der Waals surface area contributed by atoms with E-state index in [4.69, 9.17) is 21.4 Å². The number of ether oxygens (including phenoxy) is 1. The Balaban J connectivity index is 3.27. The number of methoxy groups -OCH3 is 1. The number of rotatable bonds is 3. The van der Waals surface area contributed by atoms with Crippen molar-refractivity contribution in [3.8, 4) is 5.75 Å². The van der Waals surface area contributed by atoms with Gasteiger partial charge in [-0.3, -0.25) is 0 Å². The number of aliphatic hydroxyl groups excluding tert-OH is 1. The Morgan fingerprint density at radius 2 is 2.21 bits per heavy atom. The van der Waals surface area contributed by atoms with Crippen LogP contribution in [0.2, 0.25) is 5.02 Å². The number of alkyl halides is 1. The Morgan fingerprint density at radius 1 is 1.57 bits per heavy atom. The molecule has 0 heterocycles. The third-order valence-electron chi connectivity index (χ3n) is 2.03. The van der Waals surface area contributed by atoms with Gasteiger partial charge in [0.1, 0.15) is 5.75 Å². The first-order valence-electron chi connectivity index (χ1n) is 4.15.